The third-order valence-corrected chi connectivity index (χ3v) is 6.56. The van der Waals surface area contributed by atoms with Gasteiger partial charge in [0.2, 0.25) is 0 Å². The fraction of sp³-hybridized carbons (Fsp3) is 0.414. The number of carbonyl (C=O) groups is 1. The number of nitrogens with zero attached hydrogens (tertiary/aromatic N) is 2. The Kier molecular flexibility index (Phi) is 8.82. The zero-order valence-corrected chi connectivity index (χ0v) is 22.8. The number of rotatable bonds is 12. The van der Waals surface area contributed by atoms with Gasteiger partial charge in [-0.25, -0.2) is 4.98 Å². The smallest absolute Gasteiger partial charge is 0.401 e. The van der Waals surface area contributed by atoms with Gasteiger partial charge in [0.25, 0.3) is 11.5 Å². The predicted molar refractivity (Wildman–Crippen MR) is 147 cm³/mol. The van der Waals surface area contributed by atoms with Gasteiger partial charge in [-0.15, -0.1) is 0 Å². The summed E-state index contributed by atoms with van der Waals surface area (Å²) in [6.45, 7) is 4.98. The van der Waals surface area contributed by atoms with Gasteiger partial charge >= 0.3 is 6.18 Å². The maximum Gasteiger partial charge on any atom is 0.401 e. The maximum atomic E-state index is 13.5. The second-order valence-electron chi connectivity index (χ2n) is 10.4. The second-order valence-corrected chi connectivity index (χ2v) is 10.4. The summed E-state index contributed by atoms with van der Waals surface area (Å²) < 4.78 is 44.3. The van der Waals surface area contributed by atoms with Crippen molar-refractivity contribution in [2.24, 2.45) is 0 Å². The fourth-order valence-corrected chi connectivity index (χ4v) is 4.28. The average Bonchev–Trinajstić information content (AvgIpc) is 3.71. The molecule has 214 valence electrons. The van der Waals surface area contributed by atoms with Crippen LogP contribution in [-0.4, -0.2) is 47.4 Å². The van der Waals surface area contributed by atoms with Crippen LogP contribution < -0.4 is 26.2 Å². The molecule has 0 bridgehead atoms. The molecule has 3 N–H and O–H groups in total. The molecule has 1 aliphatic carbocycles. The van der Waals surface area contributed by atoms with E-state index in [0.29, 0.717) is 23.4 Å². The van der Waals surface area contributed by atoms with Crippen molar-refractivity contribution in [1.82, 2.24) is 20.2 Å². The standard InChI is InChI=1S/C29H34F3N5O3/c1-19-9-10-20(26(38)35-21-11-12-21)17-23(19)37-15-14-34-25(27(37)39)36-28(2,3)22-7-4-5-8-24(22)40-16-6-13-33-18-29(30,31)32/h4-5,7-10,14-15,17,21,33H,6,11-13,16,18H2,1-3H3,(H,34,36)(H,35,38). The maximum absolute atomic E-state index is 13.5. The number of amides is 1. The molecule has 0 aliphatic heterocycles. The second kappa shape index (κ2) is 12.1. The van der Waals surface area contributed by atoms with Crippen molar-refractivity contribution in [3.05, 3.63) is 81.9 Å². The Hall–Kier alpha value is -3.86. The molecule has 8 nitrogen and oxygen atoms in total. The van der Waals surface area contributed by atoms with Gasteiger partial charge in [-0.3, -0.25) is 14.2 Å². The summed E-state index contributed by atoms with van der Waals surface area (Å²) in [7, 11) is 0. The van der Waals surface area contributed by atoms with E-state index in [1.165, 1.54) is 10.8 Å². The molecule has 11 heteroatoms. The van der Waals surface area contributed by atoms with Gasteiger partial charge < -0.3 is 20.7 Å². The van der Waals surface area contributed by atoms with Crippen molar-refractivity contribution in [3.8, 4) is 11.4 Å². The minimum absolute atomic E-state index is 0.117. The molecule has 0 radical (unpaired) electrons. The molecule has 40 heavy (non-hydrogen) atoms. The molecule has 3 aromatic rings. The number of anilines is 1. The molecule has 0 spiro atoms. The molecule has 0 unspecified atom stereocenters. The van der Waals surface area contributed by atoms with Crippen LogP contribution in [0.3, 0.4) is 0 Å². The van der Waals surface area contributed by atoms with Crippen LogP contribution >= 0.6 is 0 Å². The Morgan fingerprint density at radius 1 is 1.15 bits per heavy atom. The summed E-state index contributed by atoms with van der Waals surface area (Å²) in [6.07, 6.45) is 1.18. The Bertz CT molecular complexity index is 1400. The number of alkyl halides is 3. The summed E-state index contributed by atoms with van der Waals surface area (Å²) in [5.41, 5.74) is 1.46. The first kappa shape index (κ1) is 29.1. The van der Waals surface area contributed by atoms with E-state index in [2.05, 4.69) is 20.9 Å². The third-order valence-electron chi connectivity index (χ3n) is 6.56. The minimum Gasteiger partial charge on any atom is -0.493 e. The summed E-state index contributed by atoms with van der Waals surface area (Å²) >= 11 is 0. The molecule has 1 heterocycles. The van der Waals surface area contributed by atoms with Crippen LogP contribution in [0, 0.1) is 6.92 Å². The van der Waals surface area contributed by atoms with Crippen molar-refractivity contribution in [2.75, 3.05) is 25.0 Å². The van der Waals surface area contributed by atoms with Crippen LogP contribution in [0.25, 0.3) is 5.69 Å². The number of aromatic nitrogens is 2. The van der Waals surface area contributed by atoms with Crippen molar-refractivity contribution < 1.29 is 22.7 Å². The van der Waals surface area contributed by atoms with Crippen LogP contribution in [0.2, 0.25) is 0 Å². The lowest BCUT2D eigenvalue weighted by atomic mass is 9.93. The first-order valence-corrected chi connectivity index (χ1v) is 13.2. The van der Waals surface area contributed by atoms with E-state index >= 15 is 0 Å². The van der Waals surface area contributed by atoms with Gasteiger partial charge in [0.05, 0.1) is 24.4 Å². The van der Waals surface area contributed by atoms with E-state index in [0.717, 1.165) is 24.0 Å². The SMILES string of the molecule is Cc1ccc(C(=O)NC2CC2)cc1-n1ccnc(NC(C)(C)c2ccccc2OCCCNCC(F)(F)F)c1=O. The topological polar surface area (TPSA) is 97.3 Å². The molecule has 1 fully saturated rings. The summed E-state index contributed by atoms with van der Waals surface area (Å²) in [6, 6.07) is 12.8. The molecular weight excluding hydrogens is 523 g/mol. The van der Waals surface area contributed by atoms with Gasteiger partial charge in [0.15, 0.2) is 5.82 Å². The molecule has 1 saturated carbocycles. The Labute approximate surface area is 231 Å². The highest BCUT2D eigenvalue weighted by molar-refractivity contribution is 5.95. The number of halogens is 3. The molecular formula is C29H34F3N5O3. The van der Waals surface area contributed by atoms with Gasteiger partial charge in [-0.2, -0.15) is 13.2 Å². The van der Waals surface area contributed by atoms with Crippen molar-refractivity contribution in [2.45, 2.75) is 57.8 Å². The number of para-hydroxylation sites is 1. The van der Waals surface area contributed by atoms with E-state index in [-0.39, 0.29) is 36.5 Å². The number of nitrogens with one attached hydrogen (secondary N) is 3. The van der Waals surface area contributed by atoms with Crippen LogP contribution in [0.5, 0.6) is 5.75 Å². The minimum atomic E-state index is -4.25. The summed E-state index contributed by atoms with van der Waals surface area (Å²) in [4.78, 5) is 30.4. The lowest BCUT2D eigenvalue weighted by molar-refractivity contribution is -0.124. The van der Waals surface area contributed by atoms with E-state index in [1.54, 1.807) is 30.5 Å². The first-order valence-electron chi connectivity index (χ1n) is 13.2. The first-order chi connectivity index (χ1) is 18.9. The van der Waals surface area contributed by atoms with Crippen molar-refractivity contribution in [3.63, 3.8) is 0 Å². The highest BCUT2D eigenvalue weighted by Crippen LogP contribution is 2.32. The van der Waals surface area contributed by atoms with E-state index in [4.69, 9.17) is 4.74 Å². The average molecular weight is 558 g/mol. The number of hydrogen-bond acceptors (Lipinski definition) is 6. The predicted octanol–water partition coefficient (Wildman–Crippen LogP) is 4.70. The number of hydrogen-bond donors (Lipinski definition) is 3. The van der Waals surface area contributed by atoms with Crippen molar-refractivity contribution in [1.29, 1.82) is 0 Å². The van der Waals surface area contributed by atoms with E-state index < -0.39 is 18.3 Å². The normalized spacial score (nSPS) is 13.7. The summed E-state index contributed by atoms with van der Waals surface area (Å²) in [5.74, 6) is 0.501. The number of ether oxygens (including phenoxy) is 1. The van der Waals surface area contributed by atoms with Crippen LogP contribution in [0.15, 0.2) is 59.7 Å². The zero-order chi connectivity index (χ0) is 28.9. The summed E-state index contributed by atoms with van der Waals surface area (Å²) in [5, 5.41) is 8.55. The quantitative estimate of drug-likeness (QED) is 0.280. The lowest BCUT2D eigenvalue weighted by Crippen LogP contribution is -2.34. The monoisotopic (exact) mass is 557 g/mol. The Morgan fingerprint density at radius 2 is 1.90 bits per heavy atom. The van der Waals surface area contributed by atoms with Gasteiger partial charge in [-0.1, -0.05) is 24.3 Å². The van der Waals surface area contributed by atoms with Crippen LogP contribution in [-0.2, 0) is 5.54 Å². The Balaban J connectivity index is 1.50. The number of benzene rings is 2. The molecule has 4 rings (SSSR count). The largest absolute Gasteiger partial charge is 0.493 e. The molecule has 2 aromatic carbocycles. The van der Waals surface area contributed by atoms with Crippen LogP contribution in [0.4, 0.5) is 19.0 Å². The highest BCUT2D eigenvalue weighted by Gasteiger charge is 2.28. The number of aryl methyl sites for hydroxylation is 1. The fourth-order valence-electron chi connectivity index (χ4n) is 4.28. The van der Waals surface area contributed by atoms with Crippen LogP contribution in [0.1, 0.15) is 54.6 Å². The third kappa shape index (κ3) is 7.62. The molecule has 0 saturated heterocycles. The molecule has 1 amide bonds. The Morgan fingerprint density at radius 3 is 2.62 bits per heavy atom. The number of carbonyl (C=O) groups excluding carboxylic acids is 1. The van der Waals surface area contributed by atoms with Crippen molar-refractivity contribution >= 4 is 11.7 Å². The molecule has 1 aromatic heterocycles. The van der Waals surface area contributed by atoms with Gasteiger partial charge in [0.1, 0.15) is 5.75 Å². The highest BCUT2D eigenvalue weighted by atomic mass is 19.4. The molecule has 0 atom stereocenters. The van der Waals surface area contributed by atoms with E-state index in [9.17, 15) is 22.8 Å². The van der Waals surface area contributed by atoms with E-state index in [1.807, 2.05) is 39.0 Å². The van der Waals surface area contributed by atoms with Gasteiger partial charge in [0, 0.05) is 29.6 Å². The lowest BCUT2D eigenvalue weighted by Gasteiger charge is -2.29. The van der Waals surface area contributed by atoms with Gasteiger partial charge in [-0.05, 0) is 70.3 Å². The molecule has 1 aliphatic rings. The zero-order valence-electron chi connectivity index (χ0n) is 22.8.